The number of pyridine rings is 1. The highest BCUT2D eigenvalue weighted by atomic mass is 32.1. The van der Waals surface area contributed by atoms with Crippen LogP contribution in [0.3, 0.4) is 0 Å². The van der Waals surface area contributed by atoms with Crippen molar-refractivity contribution in [2.45, 2.75) is 6.92 Å². The topological polar surface area (TPSA) is 50.2 Å². The summed E-state index contributed by atoms with van der Waals surface area (Å²) in [6.45, 7) is 1.89. The van der Waals surface area contributed by atoms with Gasteiger partial charge < -0.3 is 5.11 Å². The Morgan fingerprint density at radius 2 is 2.31 bits per heavy atom. The number of aromatic carboxylic acids is 1. The second kappa shape index (κ2) is 2.81. The monoisotopic (exact) mass is 193 g/mol. The van der Waals surface area contributed by atoms with E-state index in [4.69, 9.17) is 5.11 Å². The molecule has 0 spiro atoms. The molecule has 0 aromatic carbocycles. The van der Waals surface area contributed by atoms with E-state index in [0.717, 1.165) is 15.9 Å². The molecule has 4 heteroatoms. The zero-order chi connectivity index (χ0) is 9.42. The predicted molar refractivity (Wildman–Crippen MR) is 51.3 cm³/mol. The molecule has 0 aliphatic rings. The Kier molecular flexibility index (Phi) is 1.77. The Hall–Kier alpha value is -1.42. The van der Waals surface area contributed by atoms with Crippen LogP contribution in [0.5, 0.6) is 0 Å². The van der Waals surface area contributed by atoms with Crippen molar-refractivity contribution in [2.75, 3.05) is 0 Å². The number of rotatable bonds is 1. The molecule has 0 aliphatic heterocycles. The van der Waals surface area contributed by atoms with Crippen molar-refractivity contribution in [3.63, 3.8) is 0 Å². The molecule has 0 saturated carbocycles. The molecule has 0 fully saturated rings. The number of carboxylic acid groups (broad SMARTS) is 1. The van der Waals surface area contributed by atoms with Crippen molar-refractivity contribution in [3.8, 4) is 0 Å². The maximum absolute atomic E-state index is 10.6. The Labute approximate surface area is 78.7 Å². The molecule has 0 unspecified atom stereocenters. The first-order valence-electron chi connectivity index (χ1n) is 3.77. The summed E-state index contributed by atoms with van der Waals surface area (Å²) in [6.07, 6.45) is 0. The lowest BCUT2D eigenvalue weighted by atomic mass is 10.3. The number of thiophene rings is 1. The van der Waals surface area contributed by atoms with Crippen LogP contribution < -0.4 is 0 Å². The molecular weight excluding hydrogens is 186 g/mol. The summed E-state index contributed by atoms with van der Waals surface area (Å²) in [5.74, 6) is -0.888. The lowest BCUT2D eigenvalue weighted by molar-refractivity contribution is 0.0702. The molecule has 2 aromatic rings. The molecule has 2 heterocycles. The highest BCUT2D eigenvalue weighted by molar-refractivity contribution is 7.20. The van der Waals surface area contributed by atoms with Gasteiger partial charge in [-0.25, -0.2) is 9.78 Å². The lowest BCUT2D eigenvalue weighted by Crippen LogP contribution is -1.89. The molecular formula is C9H7NO2S. The number of carbonyl (C=O) groups is 1. The first kappa shape index (κ1) is 8.19. The van der Waals surface area contributed by atoms with E-state index in [9.17, 15) is 4.79 Å². The normalized spacial score (nSPS) is 10.5. The summed E-state index contributed by atoms with van der Waals surface area (Å²) in [5, 5.41) is 9.63. The van der Waals surface area contributed by atoms with Crippen molar-refractivity contribution in [1.82, 2.24) is 4.98 Å². The third kappa shape index (κ3) is 1.40. The van der Waals surface area contributed by atoms with Crippen LogP contribution in [0.1, 0.15) is 15.4 Å². The van der Waals surface area contributed by atoms with E-state index in [1.54, 1.807) is 6.07 Å². The van der Waals surface area contributed by atoms with E-state index in [0.29, 0.717) is 4.88 Å². The Bertz CT molecular complexity index is 475. The summed E-state index contributed by atoms with van der Waals surface area (Å²) < 4.78 is 0. The molecule has 0 saturated heterocycles. The van der Waals surface area contributed by atoms with Crippen LogP contribution in [0.4, 0.5) is 0 Å². The van der Waals surface area contributed by atoms with Crippen LogP contribution in [0.25, 0.3) is 10.2 Å². The summed E-state index contributed by atoms with van der Waals surface area (Å²) in [6, 6.07) is 5.41. The average molecular weight is 193 g/mol. The number of fused-ring (bicyclic) bond motifs is 1. The average Bonchev–Trinajstić information content (AvgIpc) is 2.46. The van der Waals surface area contributed by atoms with Gasteiger partial charge in [0, 0.05) is 11.1 Å². The van der Waals surface area contributed by atoms with Crippen LogP contribution in [0.15, 0.2) is 18.2 Å². The minimum Gasteiger partial charge on any atom is -0.477 e. The molecule has 1 N–H and O–H groups in total. The fraction of sp³-hybridized carbons (Fsp3) is 0.111. The van der Waals surface area contributed by atoms with Crippen molar-refractivity contribution < 1.29 is 9.90 Å². The molecule has 13 heavy (non-hydrogen) atoms. The van der Waals surface area contributed by atoms with E-state index in [1.165, 1.54) is 11.3 Å². The number of carboxylic acids is 1. The van der Waals surface area contributed by atoms with Gasteiger partial charge in [0.2, 0.25) is 0 Å². The highest BCUT2D eigenvalue weighted by Crippen LogP contribution is 2.23. The minimum absolute atomic E-state index is 0.341. The van der Waals surface area contributed by atoms with Gasteiger partial charge in [-0.2, -0.15) is 0 Å². The highest BCUT2D eigenvalue weighted by Gasteiger charge is 2.08. The molecule has 0 bridgehead atoms. The molecule has 0 amide bonds. The van der Waals surface area contributed by atoms with E-state index >= 15 is 0 Å². The SMILES string of the molecule is Cc1ccc2cc(C(=O)O)sc2n1. The molecule has 0 atom stereocenters. The van der Waals surface area contributed by atoms with Crippen LogP contribution >= 0.6 is 11.3 Å². The molecule has 3 nitrogen and oxygen atoms in total. The van der Waals surface area contributed by atoms with Crippen LogP contribution in [-0.2, 0) is 0 Å². The quantitative estimate of drug-likeness (QED) is 0.756. The van der Waals surface area contributed by atoms with Gasteiger partial charge in [0.1, 0.15) is 9.71 Å². The molecule has 2 rings (SSSR count). The van der Waals surface area contributed by atoms with E-state index in [-0.39, 0.29) is 0 Å². The Morgan fingerprint density at radius 1 is 1.54 bits per heavy atom. The zero-order valence-corrected chi connectivity index (χ0v) is 7.76. The summed E-state index contributed by atoms with van der Waals surface area (Å²) in [4.78, 5) is 16.0. The fourth-order valence-electron chi connectivity index (χ4n) is 1.12. The Morgan fingerprint density at radius 3 is 3.00 bits per heavy atom. The molecule has 66 valence electrons. The number of aryl methyl sites for hydroxylation is 1. The number of hydrogen-bond donors (Lipinski definition) is 1. The molecule has 0 aliphatic carbocycles. The van der Waals surface area contributed by atoms with Gasteiger partial charge in [-0.05, 0) is 19.1 Å². The van der Waals surface area contributed by atoms with Gasteiger partial charge in [-0.1, -0.05) is 6.07 Å². The van der Waals surface area contributed by atoms with Crippen LogP contribution in [0.2, 0.25) is 0 Å². The third-order valence-corrected chi connectivity index (χ3v) is 2.77. The van der Waals surface area contributed by atoms with E-state index in [1.807, 2.05) is 19.1 Å². The van der Waals surface area contributed by atoms with Crippen molar-refractivity contribution in [3.05, 3.63) is 28.8 Å². The maximum Gasteiger partial charge on any atom is 0.345 e. The third-order valence-electron chi connectivity index (χ3n) is 1.73. The minimum atomic E-state index is -0.888. The van der Waals surface area contributed by atoms with Crippen molar-refractivity contribution in [1.29, 1.82) is 0 Å². The first-order valence-corrected chi connectivity index (χ1v) is 4.59. The summed E-state index contributed by atoms with van der Waals surface area (Å²) in [7, 11) is 0. The number of hydrogen-bond acceptors (Lipinski definition) is 3. The van der Waals surface area contributed by atoms with Crippen LogP contribution in [0, 0.1) is 6.92 Å². The fourth-order valence-corrected chi connectivity index (χ4v) is 2.03. The van der Waals surface area contributed by atoms with Gasteiger partial charge in [-0.3, -0.25) is 0 Å². The van der Waals surface area contributed by atoms with Gasteiger partial charge in [-0.15, -0.1) is 11.3 Å². The van der Waals surface area contributed by atoms with Gasteiger partial charge >= 0.3 is 5.97 Å². The van der Waals surface area contributed by atoms with E-state index in [2.05, 4.69) is 4.98 Å². The van der Waals surface area contributed by atoms with Gasteiger partial charge in [0.15, 0.2) is 0 Å². The largest absolute Gasteiger partial charge is 0.477 e. The molecule has 0 radical (unpaired) electrons. The second-order valence-electron chi connectivity index (χ2n) is 2.76. The summed E-state index contributed by atoms with van der Waals surface area (Å²) in [5.41, 5.74) is 0.909. The van der Waals surface area contributed by atoms with Crippen molar-refractivity contribution >= 4 is 27.5 Å². The maximum atomic E-state index is 10.6. The molecule has 2 aromatic heterocycles. The lowest BCUT2D eigenvalue weighted by Gasteiger charge is -1.89. The van der Waals surface area contributed by atoms with E-state index < -0.39 is 5.97 Å². The standard InChI is InChI=1S/C9H7NO2S/c1-5-2-3-6-4-7(9(11)12)13-8(6)10-5/h2-4H,1H3,(H,11,12). The van der Waals surface area contributed by atoms with Crippen molar-refractivity contribution in [2.24, 2.45) is 0 Å². The summed E-state index contributed by atoms with van der Waals surface area (Å²) >= 11 is 1.21. The number of aromatic nitrogens is 1. The predicted octanol–water partition coefficient (Wildman–Crippen LogP) is 2.30. The van der Waals surface area contributed by atoms with Gasteiger partial charge in [0.25, 0.3) is 0 Å². The number of nitrogens with zero attached hydrogens (tertiary/aromatic N) is 1. The second-order valence-corrected chi connectivity index (χ2v) is 3.79. The zero-order valence-electron chi connectivity index (χ0n) is 6.94. The van der Waals surface area contributed by atoms with Crippen LogP contribution in [-0.4, -0.2) is 16.1 Å². The first-order chi connectivity index (χ1) is 6.16. The smallest absolute Gasteiger partial charge is 0.345 e. The Balaban J connectivity index is 2.68. The van der Waals surface area contributed by atoms with Gasteiger partial charge in [0.05, 0.1) is 0 Å².